The minimum Gasteiger partial charge on any atom is -0.193 e. The predicted molar refractivity (Wildman–Crippen MR) is 110 cm³/mol. The van der Waals surface area contributed by atoms with Crippen LogP contribution >= 0.6 is 0 Å². The molecule has 1 aromatic rings. The van der Waals surface area contributed by atoms with Crippen molar-refractivity contribution in [1.29, 1.82) is 5.26 Å². The van der Waals surface area contributed by atoms with Crippen molar-refractivity contribution in [2.45, 2.75) is 83.5 Å². The van der Waals surface area contributed by atoms with E-state index in [0.29, 0.717) is 0 Å². The zero-order valence-corrected chi connectivity index (χ0v) is 16.5. The smallest absolute Gasteiger partial charge is 0.0908 e. The molecule has 0 unspecified atom stereocenters. The van der Waals surface area contributed by atoms with Gasteiger partial charge in [0.2, 0.25) is 0 Å². The van der Waals surface area contributed by atoms with E-state index in [0.717, 1.165) is 36.5 Å². The van der Waals surface area contributed by atoms with E-state index in [4.69, 9.17) is 5.26 Å². The van der Waals surface area contributed by atoms with Crippen molar-refractivity contribution in [3.8, 4) is 6.07 Å². The molecule has 2 saturated carbocycles. The molecule has 2 fully saturated rings. The van der Waals surface area contributed by atoms with Crippen LogP contribution in [0.4, 0.5) is 0 Å². The van der Waals surface area contributed by atoms with Crippen molar-refractivity contribution >= 4 is 0 Å². The van der Waals surface area contributed by atoms with E-state index in [-0.39, 0.29) is 0 Å². The summed E-state index contributed by atoms with van der Waals surface area (Å²) in [5.41, 5.74) is 3.04. The summed E-state index contributed by atoms with van der Waals surface area (Å²) in [5, 5.41) is 8.56. The van der Waals surface area contributed by atoms with E-state index < -0.39 is 0 Å². The Morgan fingerprint density at radius 2 is 1.54 bits per heavy atom. The maximum atomic E-state index is 8.56. The van der Waals surface area contributed by atoms with Gasteiger partial charge in [0.15, 0.2) is 0 Å². The molecule has 140 valence electrons. The molecule has 0 bridgehead atoms. The van der Waals surface area contributed by atoms with Crippen LogP contribution in [0.3, 0.4) is 0 Å². The molecule has 1 heteroatoms. The van der Waals surface area contributed by atoms with Gasteiger partial charge >= 0.3 is 0 Å². The van der Waals surface area contributed by atoms with Gasteiger partial charge < -0.3 is 0 Å². The van der Waals surface area contributed by atoms with E-state index in [9.17, 15) is 0 Å². The van der Waals surface area contributed by atoms with Crippen LogP contribution in [0.25, 0.3) is 0 Å². The van der Waals surface area contributed by atoms with Crippen molar-refractivity contribution in [2.75, 3.05) is 0 Å². The highest BCUT2D eigenvalue weighted by Gasteiger charge is 2.31. The lowest BCUT2D eigenvalue weighted by molar-refractivity contribution is 0.157. The average molecular weight is 350 g/mol. The second-order valence-electron chi connectivity index (χ2n) is 8.60. The highest BCUT2D eigenvalue weighted by Crippen LogP contribution is 2.44. The second-order valence-corrected chi connectivity index (χ2v) is 8.60. The average Bonchev–Trinajstić information content (AvgIpc) is 2.72. The molecule has 1 aromatic carbocycles. The Labute approximate surface area is 160 Å². The summed E-state index contributed by atoms with van der Waals surface area (Å²) >= 11 is 0. The minimum atomic E-state index is 0.806. The molecule has 0 radical (unpaired) electrons. The van der Waals surface area contributed by atoms with E-state index in [1.807, 2.05) is 6.08 Å². The lowest BCUT2D eigenvalue weighted by atomic mass is 9.68. The molecule has 26 heavy (non-hydrogen) atoms. The Bertz CT molecular complexity index is 590. The first-order chi connectivity index (χ1) is 12.8. The summed E-state index contributed by atoms with van der Waals surface area (Å²) in [6, 6.07) is 11.5. The third kappa shape index (κ3) is 5.23. The van der Waals surface area contributed by atoms with Gasteiger partial charge in [0.05, 0.1) is 6.07 Å². The predicted octanol–water partition coefficient (Wildman–Crippen LogP) is 7.19. The summed E-state index contributed by atoms with van der Waals surface area (Å²) in [6.45, 7) is 2.23. The summed E-state index contributed by atoms with van der Waals surface area (Å²) in [7, 11) is 0. The second kappa shape index (κ2) is 9.96. The third-order valence-corrected chi connectivity index (χ3v) is 7.12. The number of nitrogens with zero attached hydrogens (tertiary/aromatic N) is 1. The molecule has 0 spiro atoms. The summed E-state index contributed by atoms with van der Waals surface area (Å²) in [5.74, 6) is 3.69. The van der Waals surface area contributed by atoms with E-state index in [1.54, 1.807) is 11.6 Å². The van der Waals surface area contributed by atoms with Gasteiger partial charge in [-0.25, -0.2) is 0 Å². The van der Waals surface area contributed by atoms with Crippen LogP contribution in [0.1, 0.15) is 88.2 Å². The lowest BCUT2D eigenvalue weighted by Crippen LogP contribution is -2.25. The van der Waals surface area contributed by atoms with E-state index in [1.165, 1.54) is 63.4 Å². The number of allylic oxidation sites excluding steroid dienone is 2. The summed E-state index contributed by atoms with van der Waals surface area (Å²) in [6.07, 6.45) is 18.6. The molecule has 0 saturated heterocycles. The fourth-order valence-electron chi connectivity index (χ4n) is 5.37. The van der Waals surface area contributed by atoms with Crippen LogP contribution in [0.2, 0.25) is 0 Å². The highest BCUT2D eigenvalue weighted by molar-refractivity contribution is 5.25. The Balaban J connectivity index is 1.40. The fraction of sp³-hybridized carbons (Fsp3) is 0.640. The summed E-state index contributed by atoms with van der Waals surface area (Å²) in [4.78, 5) is 0. The van der Waals surface area contributed by atoms with Crippen LogP contribution in [-0.4, -0.2) is 0 Å². The van der Waals surface area contributed by atoms with Crippen LogP contribution in [0, 0.1) is 29.1 Å². The first-order valence-corrected chi connectivity index (χ1v) is 10.9. The number of aryl methyl sites for hydroxylation is 1. The quantitative estimate of drug-likeness (QED) is 0.499. The zero-order chi connectivity index (χ0) is 18.2. The van der Waals surface area contributed by atoms with Crippen molar-refractivity contribution in [3.63, 3.8) is 0 Å². The number of nitriles is 1. The van der Waals surface area contributed by atoms with Crippen LogP contribution in [-0.2, 0) is 6.42 Å². The van der Waals surface area contributed by atoms with Crippen molar-refractivity contribution < 1.29 is 0 Å². The molecule has 1 nitrogen and oxygen atoms in total. The van der Waals surface area contributed by atoms with Crippen LogP contribution in [0.15, 0.2) is 36.4 Å². The van der Waals surface area contributed by atoms with Gasteiger partial charge in [-0.1, -0.05) is 50.1 Å². The fourth-order valence-corrected chi connectivity index (χ4v) is 5.37. The maximum Gasteiger partial charge on any atom is 0.0908 e. The van der Waals surface area contributed by atoms with Crippen molar-refractivity contribution in [1.82, 2.24) is 0 Å². The Morgan fingerprint density at radius 1 is 0.923 bits per heavy atom. The van der Waals surface area contributed by atoms with E-state index >= 15 is 0 Å². The molecular weight excluding hydrogens is 314 g/mol. The van der Waals surface area contributed by atoms with Crippen LogP contribution < -0.4 is 0 Å². The summed E-state index contributed by atoms with van der Waals surface area (Å²) < 4.78 is 0. The molecule has 0 aliphatic heterocycles. The van der Waals surface area contributed by atoms with Gasteiger partial charge in [-0.15, -0.1) is 0 Å². The standard InChI is InChI=1S/C25H35N/c1-2-20-7-11-22(12-8-20)24-15-17-25(18-16-24)23-13-9-21(10-14-23)6-4-3-5-19-26/h3,5,7-8,11-12,21,23-25H,2,4,6,9-10,13-18H2,1H3/b5-3+. The third-order valence-electron chi connectivity index (χ3n) is 7.12. The van der Waals surface area contributed by atoms with Gasteiger partial charge in [0.25, 0.3) is 0 Å². The van der Waals surface area contributed by atoms with Crippen molar-refractivity contribution in [2.24, 2.45) is 17.8 Å². The van der Waals surface area contributed by atoms with Gasteiger partial charge in [0.1, 0.15) is 0 Å². The molecule has 2 aliphatic rings. The number of hydrogen-bond acceptors (Lipinski definition) is 1. The molecule has 0 atom stereocenters. The maximum absolute atomic E-state index is 8.56. The molecule has 0 aromatic heterocycles. The molecule has 0 amide bonds. The topological polar surface area (TPSA) is 23.8 Å². The van der Waals surface area contributed by atoms with Gasteiger partial charge in [0, 0.05) is 6.08 Å². The van der Waals surface area contributed by atoms with Crippen LogP contribution in [0.5, 0.6) is 0 Å². The first-order valence-electron chi connectivity index (χ1n) is 10.9. The molecule has 0 heterocycles. The molecule has 3 rings (SSSR count). The lowest BCUT2D eigenvalue weighted by Gasteiger charge is -2.38. The highest BCUT2D eigenvalue weighted by atomic mass is 14.4. The SMILES string of the molecule is CCc1ccc(C2CCC(C3CCC(CC/C=C/C#N)CC3)CC2)cc1. The molecule has 2 aliphatic carbocycles. The van der Waals surface area contributed by atoms with Gasteiger partial charge in [-0.05, 0) is 92.6 Å². The molecule has 0 N–H and O–H groups in total. The number of hydrogen-bond donors (Lipinski definition) is 0. The van der Waals surface area contributed by atoms with Crippen molar-refractivity contribution in [3.05, 3.63) is 47.5 Å². The molecular formula is C25H35N. The van der Waals surface area contributed by atoms with Gasteiger partial charge in [-0.3, -0.25) is 0 Å². The minimum absolute atomic E-state index is 0.806. The van der Waals surface area contributed by atoms with E-state index in [2.05, 4.69) is 37.3 Å². The number of benzene rings is 1. The Hall–Kier alpha value is -1.55. The largest absolute Gasteiger partial charge is 0.193 e. The monoisotopic (exact) mass is 349 g/mol. The normalized spacial score (nSPS) is 29.5. The van der Waals surface area contributed by atoms with Gasteiger partial charge in [-0.2, -0.15) is 5.26 Å². The Morgan fingerprint density at radius 3 is 2.12 bits per heavy atom. The zero-order valence-electron chi connectivity index (χ0n) is 16.5. The first kappa shape index (κ1) is 19.2. The Kier molecular flexibility index (Phi) is 7.36. The number of rotatable bonds is 6.